The molecule has 3 N–H and O–H groups in total. The van der Waals surface area contributed by atoms with Gasteiger partial charge in [0.25, 0.3) is 5.91 Å². The third kappa shape index (κ3) is 3.34. The minimum atomic E-state index is -0.967. The molecule has 6 nitrogen and oxygen atoms in total. The second-order valence-corrected chi connectivity index (χ2v) is 4.97. The van der Waals surface area contributed by atoms with Crippen LogP contribution in [0.3, 0.4) is 0 Å². The molecule has 0 aliphatic rings. The van der Waals surface area contributed by atoms with E-state index >= 15 is 0 Å². The van der Waals surface area contributed by atoms with Gasteiger partial charge in [0.15, 0.2) is 0 Å². The first kappa shape index (κ1) is 14.9. The summed E-state index contributed by atoms with van der Waals surface area (Å²) in [6.07, 6.45) is 0. The Kier molecular flexibility index (Phi) is 4.18. The van der Waals surface area contributed by atoms with Gasteiger partial charge in [0.2, 0.25) is 5.82 Å². The van der Waals surface area contributed by atoms with Crippen LogP contribution in [0.2, 0.25) is 0 Å². The van der Waals surface area contributed by atoms with Crippen molar-refractivity contribution in [3.8, 4) is 0 Å². The van der Waals surface area contributed by atoms with Crippen LogP contribution in [0.15, 0.2) is 40.9 Å². The van der Waals surface area contributed by atoms with Crippen LogP contribution < -0.4 is 11.1 Å². The number of hydrogen-bond donors (Lipinski definition) is 2. The molecule has 0 spiro atoms. The molecule has 0 saturated heterocycles. The summed E-state index contributed by atoms with van der Waals surface area (Å²) < 4.78 is 13.9. The van der Waals surface area contributed by atoms with E-state index in [9.17, 15) is 19.3 Å². The summed E-state index contributed by atoms with van der Waals surface area (Å²) in [5.41, 5.74) is 5.75. The Hall–Kier alpha value is -2.48. The second kappa shape index (κ2) is 5.88. The van der Waals surface area contributed by atoms with Crippen LogP contribution in [0, 0.1) is 15.9 Å². The number of nitrogens with one attached hydrogen (secondary N) is 1. The van der Waals surface area contributed by atoms with Crippen molar-refractivity contribution in [2.45, 2.75) is 0 Å². The number of nitro benzene ring substituents is 1. The van der Waals surface area contributed by atoms with Crippen molar-refractivity contribution in [1.29, 1.82) is 0 Å². The van der Waals surface area contributed by atoms with E-state index < -0.39 is 22.3 Å². The molecule has 8 heteroatoms. The number of nitro groups is 1. The number of halogens is 2. The van der Waals surface area contributed by atoms with Gasteiger partial charge < -0.3 is 11.1 Å². The van der Waals surface area contributed by atoms with Crippen LogP contribution >= 0.6 is 15.9 Å². The largest absolute Gasteiger partial charge is 0.398 e. The predicted octanol–water partition coefficient (Wildman–Crippen LogP) is 3.33. The summed E-state index contributed by atoms with van der Waals surface area (Å²) in [5, 5.41) is 13.1. The van der Waals surface area contributed by atoms with E-state index in [1.54, 1.807) is 6.07 Å². The standard InChI is InChI=1S/C13H9BrFN3O3/c14-9-3-1-7(5-11(9)16)13(19)17-8-2-4-10(15)12(6-8)18(20)21/h1-6H,16H2,(H,17,19). The van der Waals surface area contributed by atoms with Crippen LogP contribution in [-0.4, -0.2) is 10.8 Å². The molecule has 0 heterocycles. The van der Waals surface area contributed by atoms with Crippen molar-refractivity contribution in [1.82, 2.24) is 0 Å². The molecule has 0 fully saturated rings. The third-order valence-corrected chi connectivity index (χ3v) is 3.38. The van der Waals surface area contributed by atoms with Crippen molar-refractivity contribution in [3.63, 3.8) is 0 Å². The molecule has 2 aromatic rings. The summed E-state index contributed by atoms with van der Waals surface area (Å²) in [6.45, 7) is 0. The quantitative estimate of drug-likeness (QED) is 0.502. The van der Waals surface area contributed by atoms with E-state index in [2.05, 4.69) is 21.2 Å². The number of rotatable bonds is 3. The van der Waals surface area contributed by atoms with Gasteiger partial charge in [-0.15, -0.1) is 0 Å². The van der Waals surface area contributed by atoms with Gasteiger partial charge >= 0.3 is 5.69 Å². The first-order valence-electron chi connectivity index (χ1n) is 5.69. The van der Waals surface area contributed by atoms with E-state index in [1.807, 2.05) is 0 Å². The van der Waals surface area contributed by atoms with Crippen molar-refractivity contribution in [2.24, 2.45) is 0 Å². The maximum Gasteiger partial charge on any atom is 0.306 e. The molecular weight excluding hydrogens is 345 g/mol. The Morgan fingerprint density at radius 2 is 2.00 bits per heavy atom. The highest BCUT2D eigenvalue weighted by Gasteiger charge is 2.16. The van der Waals surface area contributed by atoms with Gasteiger partial charge in [0.1, 0.15) is 0 Å². The average molecular weight is 354 g/mol. The van der Waals surface area contributed by atoms with E-state index in [-0.39, 0.29) is 11.3 Å². The Balaban J connectivity index is 2.25. The first-order valence-corrected chi connectivity index (χ1v) is 6.48. The Morgan fingerprint density at radius 1 is 1.29 bits per heavy atom. The Labute approximate surface area is 127 Å². The molecule has 0 aliphatic heterocycles. The molecule has 2 aromatic carbocycles. The van der Waals surface area contributed by atoms with Gasteiger partial charge in [-0.3, -0.25) is 14.9 Å². The maximum atomic E-state index is 13.2. The highest BCUT2D eigenvalue weighted by molar-refractivity contribution is 9.10. The fourth-order valence-corrected chi connectivity index (χ4v) is 1.87. The molecular formula is C13H9BrFN3O3. The van der Waals surface area contributed by atoms with Crippen molar-refractivity contribution >= 4 is 38.9 Å². The summed E-state index contributed by atoms with van der Waals surface area (Å²) in [6, 6.07) is 7.71. The number of nitrogen functional groups attached to an aromatic ring is 1. The Morgan fingerprint density at radius 3 is 2.62 bits per heavy atom. The maximum absolute atomic E-state index is 13.2. The predicted molar refractivity (Wildman–Crippen MR) is 79.6 cm³/mol. The molecule has 0 aliphatic carbocycles. The van der Waals surface area contributed by atoms with Gasteiger partial charge in [-0.2, -0.15) is 4.39 Å². The topological polar surface area (TPSA) is 98.3 Å². The van der Waals surface area contributed by atoms with Crippen LogP contribution in [0.5, 0.6) is 0 Å². The fourth-order valence-electron chi connectivity index (χ4n) is 1.62. The van der Waals surface area contributed by atoms with Crippen molar-refractivity contribution in [3.05, 3.63) is 62.4 Å². The molecule has 0 bridgehead atoms. The van der Waals surface area contributed by atoms with Gasteiger partial charge in [-0.1, -0.05) is 0 Å². The lowest BCUT2D eigenvalue weighted by atomic mass is 10.2. The molecule has 108 valence electrons. The van der Waals surface area contributed by atoms with Gasteiger partial charge in [-0.25, -0.2) is 0 Å². The first-order chi connectivity index (χ1) is 9.88. The van der Waals surface area contributed by atoms with Crippen molar-refractivity contribution < 1.29 is 14.1 Å². The number of carbonyl (C=O) groups is 1. The van der Waals surface area contributed by atoms with Crippen LogP contribution in [0.1, 0.15) is 10.4 Å². The van der Waals surface area contributed by atoms with Crippen LogP contribution in [-0.2, 0) is 0 Å². The van der Waals surface area contributed by atoms with Gasteiger partial charge in [-0.05, 0) is 46.3 Å². The van der Waals surface area contributed by atoms with E-state index in [4.69, 9.17) is 5.73 Å². The minimum absolute atomic E-state index is 0.120. The molecule has 2 rings (SSSR count). The zero-order chi connectivity index (χ0) is 15.6. The van der Waals surface area contributed by atoms with Gasteiger partial charge in [0.05, 0.1) is 4.92 Å². The van der Waals surface area contributed by atoms with Crippen LogP contribution in [0.25, 0.3) is 0 Å². The normalized spacial score (nSPS) is 10.2. The number of nitrogens with zero attached hydrogens (tertiary/aromatic N) is 1. The molecule has 0 unspecified atom stereocenters. The summed E-state index contributed by atoms with van der Waals surface area (Å²) >= 11 is 3.21. The molecule has 0 saturated carbocycles. The second-order valence-electron chi connectivity index (χ2n) is 4.11. The highest BCUT2D eigenvalue weighted by Crippen LogP contribution is 2.23. The number of carbonyl (C=O) groups excluding carboxylic acids is 1. The Bertz CT molecular complexity index is 737. The average Bonchev–Trinajstić information content (AvgIpc) is 2.43. The van der Waals surface area contributed by atoms with Gasteiger partial charge in [0, 0.05) is 27.5 Å². The monoisotopic (exact) mass is 353 g/mol. The number of anilines is 2. The van der Waals surface area contributed by atoms with E-state index in [0.29, 0.717) is 10.2 Å². The highest BCUT2D eigenvalue weighted by atomic mass is 79.9. The summed E-state index contributed by atoms with van der Waals surface area (Å²) in [5.74, 6) is -1.47. The van der Waals surface area contributed by atoms with Crippen molar-refractivity contribution in [2.75, 3.05) is 11.1 Å². The smallest absolute Gasteiger partial charge is 0.306 e. The fraction of sp³-hybridized carbons (Fsp3) is 0. The lowest BCUT2D eigenvalue weighted by Gasteiger charge is -2.07. The number of hydrogen-bond acceptors (Lipinski definition) is 4. The molecule has 21 heavy (non-hydrogen) atoms. The zero-order valence-corrected chi connectivity index (χ0v) is 12.1. The molecule has 0 radical (unpaired) electrons. The lowest BCUT2D eigenvalue weighted by Crippen LogP contribution is -2.12. The molecule has 0 aromatic heterocycles. The minimum Gasteiger partial charge on any atom is -0.398 e. The molecule has 0 atom stereocenters. The summed E-state index contributed by atoms with van der Waals surface area (Å²) in [4.78, 5) is 21.8. The third-order valence-electron chi connectivity index (χ3n) is 2.66. The van der Waals surface area contributed by atoms with E-state index in [0.717, 1.165) is 12.1 Å². The SMILES string of the molecule is Nc1cc(C(=O)Nc2ccc(F)c([N+](=O)[O-])c2)ccc1Br. The number of amides is 1. The number of benzene rings is 2. The van der Waals surface area contributed by atoms with E-state index in [1.165, 1.54) is 18.2 Å². The van der Waals surface area contributed by atoms with Crippen LogP contribution in [0.4, 0.5) is 21.5 Å². The zero-order valence-electron chi connectivity index (χ0n) is 10.5. The summed E-state index contributed by atoms with van der Waals surface area (Å²) in [7, 11) is 0. The lowest BCUT2D eigenvalue weighted by molar-refractivity contribution is -0.387. The number of nitrogens with two attached hydrogens (primary N) is 1. The molecule has 1 amide bonds.